The van der Waals surface area contributed by atoms with Gasteiger partial charge in [0.2, 0.25) is 10.0 Å². The fraction of sp³-hybridized carbons (Fsp3) is 0.692. The van der Waals surface area contributed by atoms with Gasteiger partial charge in [0.1, 0.15) is 0 Å². The fourth-order valence-corrected chi connectivity index (χ4v) is 5.50. The largest absolute Gasteiger partial charge is 0.383 e. The molecule has 20 heavy (non-hydrogen) atoms. The Morgan fingerprint density at radius 3 is 2.75 bits per heavy atom. The van der Waals surface area contributed by atoms with E-state index in [2.05, 4.69) is 5.32 Å². The van der Waals surface area contributed by atoms with Gasteiger partial charge < -0.3 is 10.1 Å². The second-order valence-electron chi connectivity index (χ2n) is 5.00. The predicted molar refractivity (Wildman–Crippen MR) is 80.6 cm³/mol. The van der Waals surface area contributed by atoms with E-state index < -0.39 is 10.0 Å². The number of nitrogens with one attached hydrogen (secondary N) is 1. The molecule has 5 nitrogen and oxygen atoms in total. The number of thiophene rings is 1. The molecule has 1 heterocycles. The van der Waals surface area contributed by atoms with E-state index in [-0.39, 0.29) is 6.04 Å². The van der Waals surface area contributed by atoms with Gasteiger partial charge in [-0.25, -0.2) is 8.42 Å². The van der Waals surface area contributed by atoms with Crippen molar-refractivity contribution in [3.8, 4) is 0 Å². The Kier molecular flexibility index (Phi) is 5.19. The summed E-state index contributed by atoms with van der Waals surface area (Å²) in [5.41, 5.74) is 0. The first-order valence-corrected chi connectivity index (χ1v) is 9.01. The second-order valence-corrected chi connectivity index (χ2v) is 8.20. The van der Waals surface area contributed by atoms with Crippen LogP contribution in [0.15, 0.2) is 11.0 Å². The quantitative estimate of drug-likeness (QED) is 0.790. The lowest BCUT2D eigenvalue weighted by atomic mass is 10.4. The summed E-state index contributed by atoms with van der Waals surface area (Å²) in [4.78, 5) is 2.36. The highest BCUT2D eigenvalue weighted by Crippen LogP contribution is 2.35. The first-order chi connectivity index (χ1) is 9.50. The van der Waals surface area contributed by atoms with Gasteiger partial charge in [0.25, 0.3) is 0 Å². The van der Waals surface area contributed by atoms with Crippen molar-refractivity contribution in [2.24, 2.45) is 0 Å². The number of ether oxygens (including phenoxy) is 1. The smallest absolute Gasteiger partial charge is 0.244 e. The Morgan fingerprint density at radius 1 is 1.50 bits per heavy atom. The molecule has 0 bridgehead atoms. The molecule has 0 radical (unpaired) electrons. The summed E-state index contributed by atoms with van der Waals surface area (Å²) >= 11 is 1.54. The van der Waals surface area contributed by atoms with Gasteiger partial charge in [-0.1, -0.05) is 0 Å². The highest BCUT2D eigenvalue weighted by molar-refractivity contribution is 7.89. The molecule has 1 saturated carbocycles. The van der Waals surface area contributed by atoms with Crippen LogP contribution in [0.5, 0.6) is 0 Å². The van der Waals surface area contributed by atoms with Crippen LogP contribution >= 0.6 is 11.3 Å². The van der Waals surface area contributed by atoms with Gasteiger partial charge in [-0.3, -0.25) is 0 Å². The molecule has 0 aromatic carbocycles. The number of nitrogens with zero attached hydrogens (tertiary/aromatic N) is 1. The minimum Gasteiger partial charge on any atom is -0.383 e. The van der Waals surface area contributed by atoms with Gasteiger partial charge in [-0.05, 0) is 32.9 Å². The van der Waals surface area contributed by atoms with Crippen molar-refractivity contribution in [2.45, 2.75) is 37.2 Å². The van der Waals surface area contributed by atoms with E-state index >= 15 is 0 Å². The van der Waals surface area contributed by atoms with E-state index in [1.165, 1.54) is 11.3 Å². The van der Waals surface area contributed by atoms with Crippen LogP contribution in [-0.4, -0.2) is 46.1 Å². The minimum absolute atomic E-state index is 0.155. The number of hydrogen-bond acceptors (Lipinski definition) is 5. The van der Waals surface area contributed by atoms with Gasteiger partial charge in [-0.15, -0.1) is 11.3 Å². The summed E-state index contributed by atoms with van der Waals surface area (Å²) in [5.74, 6) is 0. The molecule has 1 aromatic heterocycles. The summed E-state index contributed by atoms with van der Waals surface area (Å²) in [5, 5.41) is 3.06. The highest BCUT2D eigenvalue weighted by Gasteiger charge is 2.38. The minimum atomic E-state index is -3.40. The molecule has 0 atom stereocenters. The van der Waals surface area contributed by atoms with Crippen molar-refractivity contribution in [2.75, 3.05) is 27.3 Å². The molecule has 0 aliphatic heterocycles. The Bertz CT molecular complexity index is 550. The highest BCUT2D eigenvalue weighted by atomic mass is 32.2. The van der Waals surface area contributed by atoms with Gasteiger partial charge in [0.05, 0.1) is 11.5 Å². The average Bonchev–Trinajstić information content (AvgIpc) is 3.14. The summed E-state index contributed by atoms with van der Waals surface area (Å²) < 4.78 is 32.3. The van der Waals surface area contributed by atoms with E-state index in [0.29, 0.717) is 24.6 Å². The average molecular weight is 318 g/mol. The molecule has 114 valence electrons. The second kappa shape index (κ2) is 6.53. The normalized spacial score (nSPS) is 16.0. The topological polar surface area (TPSA) is 58.6 Å². The Hall–Kier alpha value is -0.470. The third kappa shape index (κ3) is 3.40. The summed E-state index contributed by atoms with van der Waals surface area (Å²) in [7, 11) is 0.0530. The van der Waals surface area contributed by atoms with Crippen LogP contribution in [-0.2, 0) is 21.3 Å². The molecule has 1 fully saturated rings. The fourth-order valence-electron chi connectivity index (χ4n) is 2.21. The van der Waals surface area contributed by atoms with Crippen LogP contribution in [0.4, 0.5) is 0 Å². The van der Waals surface area contributed by atoms with Crippen LogP contribution in [0.2, 0.25) is 0 Å². The zero-order chi connectivity index (χ0) is 14.8. The SMILES string of the molecule is CNCc1cc(S(=O)(=O)N(CCOC)C2CC2)c(C)s1. The van der Waals surface area contributed by atoms with Gasteiger partial charge in [0.15, 0.2) is 0 Å². The predicted octanol–water partition coefficient (Wildman–Crippen LogP) is 1.58. The van der Waals surface area contributed by atoms with Crippen molar-refractivity contribution in [3.05, 3.63) is 15.8 Å². The van der Waals surface area contributed by atoms with Gasteiger partial charge in [0, 0.05) is 36.0 Å². The number of methoxy groups -OCH3 is 1. The van der Waals surface area contributed by atoms with Gasteiger partial charge in [-0.2, -0.15) is 4.31 Å². The molecule has 1 aliphatic carbocycles. The van der Waals surface area contributed by atoms with Gasteiger partial charge >= 0.3 is 0 Å². The molecule has 7 heteroatoms. The molecule has 1 aromatic rings. The van der Waals surface area contributed by atoms with Crippen molar-refractivity contribution < 1.29 is 13.2 Å². The number of aryl methyl sites for hydroxylation is 1. The molecular weight excluding hydrogens is 296 g/mol. The Labute approximate surface area is 125 Å². The molecule has 1 N–H and O–H groups in total. The van der Waals surface area contributed by atoms with Crippen molar-refractivity contribution in [3.63, 3.8) is 0 Å². The van der Waals surface area contributed by atoms with Crippen LogP contribution in [0, 0.1) is 6.92 Å². The first-order valence-electron chi connectivity index (χ1n) is 6.75. The summed E-state index contributed by atoms with van der Waals surface area (Å²) in [6.45, 7) is 3.43. The maximum absolute atomic E-state index is 12.8. The lowest BCUT2D eigenvalue weighted by molar-refractivity contribution is 0.177. The van der Waals surface area contributed by atoms with E-state index in [9.17, 15) is 8.42 Å². The Morgan fingerprint density at radius 2 is 2.20 bits per heavy atom. The third-order valence-electron chi connectivity index (χ3n) is 3.33. The van der Waals surface area contributed by atoms with E-state index in [4.69, 9.17) is 4.74 Å². The zero-order valence-corrected chi connectivity index (χ0v) is 13.8. The maximum Gasteiger partial charge on any atom is 0.244 e. The first kappa shape index (κ1) is 15.9. The van der Waals surface area contributed by atoms with Crippen molar-refractivity contribution >= 4 is 21.4 Å². The summed E-state index contributed by atoms with van der Waals surface area (Å²) in [6.07, 6.45) is 1.91. The lowest BCUT2D eigenvalue weighted by Crippen LogP contribution is -2.35. The standard InChI is InChI=1S/C13H22N2O3S2/c1-10-13(8-12(19-10)9-14-2)20(16,17)15(6-7-18-3)11-4-5-11/h8,11,14H,4-7,9H2,1-3H3. The molecule has 0 amide bonds. The molecular formula is C13H22N2O3S2. The number of hydrogen-bond donors (Lipinski definition) is 1. The van der Waals surface area contributed by atoms with E-state index in [1.54, 1.807) is 17.5 Å². The van der Waals surface area contributed by atoms with Crippen molar-refractivity contribution in [1.82, 2.24) is 9.62 Å². The van der Waals surface area contributed by atoms with E-state index in [0.717, 1.165) is 22.6 Å². The number of sulfonamides is 1. The van der Waals surface area contributed by atoms with Crippen molar-refractivity contribution in [1.29, 1.82) is 0 Å². The maximum atomic E-state index is 12.8. The van der Waals surface area contributed by atoms with Crippen LogP contribution < -0.4 is 5.32 Å². The monoisotopic (exact) mass is 318 g/mol. The van der Waals surface area contributed by atoms with E-state index in [1.807, 2.05) is 14.0 Å². The number of rotatable bonds is 8. The molecule has 0 spiro atoms. The third-order valence-corrected chi connectivity index (χ3v) is 6.59. The molecule has 1 aliphatic rings. The van der Waals surface area contributed by atoms with Crippen LogP contribution in [0.3, 0.4) is 0 Å². The zero-order valence-electron chi connectivity index (χ0n) is 12.2. The molecule has 0 unspecified atom stereocenters. The Balaban J connectivity index is 2.27. The summed E-state index contributed by atoms with van der Waals surface area (Å²) in [6, 6.07) is 1.95. The molecule has 0 saturated heterocycles. The van der Waals surface area contributed by atoms with Crippen LogP contribution in [0.1, 0.15) is 22.6 Å². The van der Waals surface area contributed by atoms with Crippen LogP contribution in [0.25, 0.3) is 0 Å². The molecule has 2 rings (SSSR count). The lowest BCUT2D eigenvalue weighted by Gasteiger charge is -2.21.